The Hall–Kier alpha value is -1.58. The van der Waals surface area contributed by atoms with E-state index in [-0.39, 0.29) is 6.04 Å². The van der Waals surface area contributed by atoms with Crippen molar-refractivity contribution in [2.75, 3.05) is 7.11 Å². The predicted molar refractivity (Wildman–Crippen MR) is 85.4 cm³/mol. The molecule has 21 heavy (non-hydrogen) atoms. The van der Waals surface area contributed by atoms with Crippen LogP contribution in [-0.4, -0.2) is 18.3 Å². The Labute approximate surface area is 125 Å². The van der Waals surface area contributed by atoms with Crippen molar-refractivity contribution in [2.45, 2.75) is 37.8 Å². The molecule has 0 heterocycles. The molecule has 1 aliphatic rings. The van der Waals surface area contributed by atoms with E-state index in [1.165, 1.54) is 12.8 Å². The van der Waals surface area contributed by atoms with Crippen molar-refractivity contribution < 1.29 is 9.84 Å². The minimum Gasteiger partial charge on any atom is -0.496 e. The highest BCUT2D eigenvalue weighted by molar-refractivity contribution is 5.91. The van der Waals surface area contributed by atoms with Crippen LogP contribution in [0.15, 0.2) is 36.4 Å². The Morgan fingerprint density at radius 2 is 1.76 bits per heavy atom. The first-order valence-electron chi connectivity index (χ1n) is 7.71. The van der Waals surface area contributed by atoms with E-state index in [4.69, 9.17) is 10.5 Å². The molecule has 0 saturated heterocycles. The van der Waals surface area contributed by atoms with Crippen LogP contribution in [0.2, 0.25) is 0 Å². The first-order valence-corrected chi connectivity index (χ1v) is 7.71. The zero-order valence-electron chi connectivity index (χ0n) is 12.5. The van der Waals surface area contributed by atoms with Gasteiger partial charge in [-0.3, -0.25) is 0 Å². The van der Waals surface area contributed by atoms with Gasteiger partial charge in [-0.2, -0.15) is 0 Å². The fraction of sp³-hybridized carbons (Fsp3) is 0.444. The second kappa shape index (κ2) is 6.04. The fourth-order valence-corrected chi connectivity index (χ4v) is 3.54. The quantitative estimate of drug-likeness (QED) is 0.905. The maximum atomic E-state index is 10.6. The summed E-state index contributed by atoms with van der Waals surface area (Å²) in [6, 6.07) is 11.7. The van der Waals surface area contributed by atoms with Gasteiger partial charge in [-0.1, -0.05) is 43.2 Å². The van der Waals surface area contributed by atoms with Crippen molar-refractivity contribution >= 4 is 10.8 Å². The van der Waals surface area contributed by atoms with Crippen molar-refractivity contribution in [1.82, 2.24) is 0 Å². The molecule has 1 saturated carbocycles. The van der Waals surface area contributed by atoms with Gasteiger partial charge in [0.2, 0.25) is 0 Å². The van der Waals surface area contributed by atoms with Gasteiger partial charge in [-0.25, -0.2) is 0 Å². The average Bonchev–Trinajstić information content (AvgIpc) is 3.07. The summed E-state index contributed by atoms with van der Waals surface area (Å²) in [5.41, 5.74) is 7.39. The Kier molecular flexibility index (Phi) is 4.13. The summed E-state index contributed by atoms with van der Waals surface area (Å²) in [5.74, 6) is 1.18. The summed E-state index contributed by atoms with van der Waals surface area (Å²) in [5, 5.41) is 12.7. The molecule has 2 aromatic rings. The Morgan fingerprint density at radius 1 is 1.10 bits per heavy atom. The van der Waals surface area contributed by atoms with E-state index < -0.39 is 6.10 Å². The average molecular weight is 285 g/mol. The minimum atomic E-state index is -0.468. The molecule has 0 amide bonds. The Morgan fingerprint density at radius 3 is 2.43 bits per heavy atom. The maximum absolute atomic E-state index is 10.6. The molecule has 1 fully saturated rings. The molecule has 0 unspecified atom stereocenters. The van der Waals surface area contributed by atoms with Crippen LogP contribution in [-0.2, 0) is 0 Å². The largest absolute Gasteiger partial charge is 0.496 e. The number of aliphatic hydroxyl groups is 1. The van der Waals surface area contributed by atoms with Crippen LogP contribution in [0, 0.1) is 5.92 Å². The van der Waals surface area contributed by atoms with E-state index in [1.54, 1.807) is 7.11 Å². The monoisotopic (exact) mass is 285 g/mol. The number of methoxy groups -OCH3 is 1. The van der Waals surface area contributed by atoms with E-state index in [9.17, 15) is 5.11 Å². The smallest absolute Gasteiger partial charge is 0.126 e. The zero-order chi connectivity index (χ0) is 14.8. The van der Waals surface area contributed by atoms with Crippen LogP contribution >= 0.6 is 0 Å². The third kappa shape index (κ3) is 2.63. The lowest BCUT2D eigenvalue weighted by Gasteiger charge is -2.26. The summed E-state index contributed by atoms with van der Waals surface area (Å²) < 4.78 is 5.42. The van der Waals surface area contributed by atoms with Crippen molar-refractivity contribution in [3.63, 3.8) is 0 Å². The standard InChI is InChI=1S/C18H23NO2/c1-21-16-11-10-15(13-8-4-5-9-14(13)16)17(19)18(20)12-6-2-3-7-12/h4-5,8-12,17-18,20H,2-3,6-7,19H2,1H3/t17-,18+/m0/s1. The number of rotatable bonds is 4. The lowest BCUT2D eigenvalue weighted by Crippen LogP contribution is -2.32. The molecule has 112 valence electrons. The second-order valence-electron chi connectivity index (χ2n) is 5.96. The molecule has 0 radical (unpaired) electrons. The highest BCUT2D eigenvalue weighted by atomic mass is 16.5. The lowest BCUT2D eigenvalue weighted by atomic mass is 9.88. The molecule has 3 heteroatoms. The van der Waals surface area contributed by atoms with E-state index in [0.717, 1.165) is 34.9 Å². The third-order valence-corrected chi connectivity index (χ3v) is 4.75. The fourth-order valence-electron chi connectivity index (χ4n) is 3.54. The molecule has 3 nitrogen and oxygen atoms in total. The predicted octanol–water partition coefficient (Wildman–Crippen LogP) is 3.40. The molecule has 0 aliphatic heterocycles. The number of hydrogen-bond donors (Lipinski definition) is 2. The molecule has 3 N–H and O–H groups in total. The SMILES string of the molecule is COc1ccc([C@H](N)[C@H](O)C2CCCC2)c2ccccc12. The van der Waals surface area contributed by atoms with Gasteiger partial charge in [0.05, 0.1) is 19.3 Å². The van der Waals surface area contributed by atoms with Crippen LogP contribution in [0.5, 0.6) is 5.75 Å². The number of benzene rings is 2. The van der Waals surface area contributed by atoms with Gasteiger partial charge >= 0.3 is 0 Å². The molecular formula is C18H23NO2. The summed E-state index contributed by atoms with van der Waals surface area (Å²) in [6.45, 7) is 0. The first kappa shape index (κ1) is 14.4. The summed E-state index contributed by atoms with van der Waals surface area (Å²) in [7, 11) is 1.68. The van der Waals surface area contributed by atoms with Gasteiger partial charge < -0.3 is 15.6 Å². The Balaban J connectivity index is 1.99. The Bertz CT molecular complexity index is 620. The van der Waals surface area contributed by atoms with Crippen LogP contribution in [0.4, 0.5) is 0 Å². The van der Waals surface area contributed by atoms with Crippen molar-refractivity contribution in [1.29, 1.82) is 0 Å². The molecule has 2 aromatic carbocycles. The maximum Gasteiger partial charge on any atom is 0.126 e. The molecule has 0 bridgehead atoms. The van der Waals surface area contributed by atoms with Gasteiger partial charge in [0.15, 0.2) is 0 Å². The van der Waals surface area contributed by atoms with Gasteiger partial charge in [0.1, 0.15) is 5.75 Å². The number of ether oxygens (including phenoxy) is 1. The van der Waals surface area contributed by atoms with Crippen molar-refractivity contribution in [3.8, 4) is 5.75 Å². The third-order valence-electron chi connectivity index (χ3n) is 4.75. The summed E-state index contributed by atoms with van der Waals surface area (Å²) in [4.78, 5) is 0. The number of aliphatic hydroxyl groups excluding tert-OH is 1. The lowest BCUT2D eigenvalue weighted by molar-refractivity contribution is 0.0849. The van der Waals surface area contributed by atoms with E-state index in [0.29, 0.717) is 5.92 Å². The summed E-state index contributed by atoms with van der Waals surface area (Å²) >= 11 is 0. The number of nitrogens with two attached hydrogens (primary N) is 1. The first-order chi connectivity index (χ1) is 10.2. The second-order valence-corrected chi connectivity index (χ2v) is 5.96. The number of hydrogen-bond acceptors (Lipinski definition) is 3. The highest BCUT2D eigenvalue weighted by Crippen LogP contribution is 2.36. The molecule has 3 rings (SSSR count). The van der Waals surface area contributed by atoms with Gasteiger partial charge in [0, 0.05) is 5.39 Å². The van der Waals surface area contributed by atoms with E-state index >= 15 is 0 Å². The molecule has 0 spiro atoms. The van der Waals surface area contributed by atoms with Crippen molar-refractivity contribution in [2.24, 2.45) is 11.7 Å². The normalized spacial score (nSPS) is 18.8. The van der Waals surface area contributed by atoms with Crippen LogP contribution < -0.4 is 10.5 Å². The zero-order valence-corrected chi connectivity index (χ0v) is 12.5. The summed E-state index contributed by atoms with van der Waals surface area (Å²) in [6.07, 6.45) is 4.12. The van der Waals surface area contributed by atoms with Gasteiger partial charge in [-0.15, -0.1) is 0 Å². The molecule has 0 aromatic heterocycles. The van der Waals surface area contributed by atoms with Gasteiger partial charge in [-0.05, 0) is 35.8 Å². The molecule has 1 aliphatic carbocycles. The van der Waals surface area contributed by atoms with E-state index in [1.807, 2.05) is 30.3 Å². The van der Waals surface area contributed by atoms with Crippen molar-refractivity contribution in [3.05, 3.63) is 42.0 Å². The highest BCUT2D eigenvalue weighted by Gasteiger charge is 2.29. The molecule has 2 atom stereocenters. The topological polar surface area (TPSA) is 55.5 Å². The van der Waals surface area contributed by atoms with Crippen LogP contribution in [0.1, 0.15) is 37.3 Å². The van der Waals surface area contributed by atoms with E-state index in [2.05, 4.69) is 6.07 Å². The number of fused-ring (bicyclic) bond motifs is 1. The van der Waals surface area contributed by atoms with Crippen LogP contribution in [0.3, 0.4) is 0 Å². The van der Waals surface area contributed by atoms with Crippen LogP contribution in [0.25, 0.3) is 10.8 Å². The van der Waals surface area contributed by atoms with Gasteiger partial charge in [0.25, 0.3) is 0 Å². The molecular weight excluding hydrogens is 262 g/mol. The minimum absolute atomic E-state index is 0.334.